The quantitative estimate of drug-likeness (QED) is 0.417. The van der Waals surface area contributed by atoms with Gasteiger partial charge in [0.2, 0.25) is 0 Å². The normalized spacial score (nSPS) is 10.9. The number of benzene rings is 2. The summed E-state index contributed by atoms with van der Waals surface area (Å²) < 4.78 is 2.43. The van der Waals surface area contributed by atoms with Crippen molar-refractivity contribution in [3.8, 4) is 21.7 Å². The van der Waals surface area contributed by atoms with Crippen LogP contribution in [0.4, 0.5) is 0 Å². The summed E-state index contributed by atoms with van der Waals surface area (Å²) in [6.45, 7) is 3.09. The molecule has 2 heterocycles. The van der Waals surface area contributed by atoms with Crippen molar-refractivity contribution in [2.75, 3.05) is 0 Å². The number of aryl methyl sites for hydroxylation is 1. The van der Waals surface area contributed by atoms with Gasteiger partial charge in [-0.1, -0.05) is 66.7 Å². The highest BCUT2D eigenvalue weighted by molar-refractivity contribution is 7.13. The van der Waals surface area contributed by atoms with Gasteiger partial charge in [0, 0.05) is 22.7 Å². The molecule has 0 saturated carbocycles. The van der Waals surface area contributed by atoms with Crippen LogP contribution in [-0.4, -0.2) is 4.57 Å². The summed E-state index contributed by atoms with van der Waals surface area (Å²) >= 11 is 1.80. The Hall–Kier alpha value is -2.58. The minimum absolute atomic E-state index is 0.891. The summed E-state index contributed by atoms with van der Waals surface area (Å²) in [5.41, 5.74) is 6.51. The van der Waals surface area contributed by atoms with Crippen LogP contribution >= 0.6 is 11.3 Å². The number of rotatable bonds is 4. The van der Waals surface area contributed by atoms with Gasteiger partial charge in [0.15, 0.2) is 0 Å². The van der Waals surface area contributed by atoms with Gasteiger partial charge in [-0.2, -0.15) is 0 Å². The molecule has 1 nitrogen and oxygen atoms in total. The summed E-state index contributed by atoms with van der Waals surface area (Å²) in [6.07, 6.45) is 0. The Morgan fingerprint density at radius 3 is 2.21 bits per heavy atom. The average Bonchev–Trinajstić information content (AvgIpc) is 3.26. The topological polar surface area (TPSA) is 4.93 Å². The maximum absolute atomic E-state index is 2.43. The molecule has 0 fully saturated rings. The van der Waals surface area contributed by atoms with Crippen LogP contribution in [0.25, 0.3) is 21.7 Å². The van der Waals surface area contributed by atoms with Crippen molar-refractivity contribution in [1.82, 2.24) is 4.57 Å². The molecule has 0 amide bonds. The van der Waals surface area contributed by atoms with Crippen molar-refractivity contribution >= 4 is 11.3 Å². The molecular weight excluding hydrogens is 310 g/mol. The van der Waals surface area contributed by atoms with E-state index in [1.807, 2.05) is 0 Å². The molecule has 0 aliphatic rings. The van der Waals surface area contributed by atoms with Crippen molar-refractivity contribution in [3.05, 3.63) is 95.5 Å². The Bertz CT molecular complexity index is 919. The number of nitrogens with zero attached hydrogens (tertiary/aromatic N) is 1. The first-order chi connectivity index (χ1) is 11.8. The maximum Gasteiger partial charge on any atom is 0.0573 e. The molecule has 4 rings (SSSR count). The van der Waals surface area contributed by atoms with Crippen molar-refractivity contribution in [1.29, 1.82) is 0 Å². The molecule has 2 aromatic heterocycles. The summed E-state index contributed by atoms with van der Waals surface area (Å²) in [5.74, 6) is 0. The van der Waals surface area contributed by atoms with E-state index in [4.69, 9.17) is 0 Å². The maximum atomic E-state index is 2.43. The van der Waals surface area contributed by atoms with Crippen molar-refractivity contribution in [2.45, 2.75) is 13.5 Å². The second-order valence-electron chi connectivity index (χ2n) is 5.96. The molecule has 0 spiro atoms. The van der Waals surface area contributed by atoms with E-state index in [0.29, 0.717) is 0 Å². The molecule has 118 valence electrons. The number of hydrogen-bond acceptors (Lipinski definition) is 1. The van der Waals surface area contributed by atoms with Crippen LogP contribution in [0, 0.1) is 6.92 Å². The predicted molar refractivity (Wildman–Crippen MR) is 103 cm³/mol. The summed E-state index contributed by atoms with van der Waals surface area (Å²) in [7, 11) is 0. The average molecular weight is 329 g/mol. The molecule has 24 heavy (non-hydrogen) atoms. The third-order valence-corrected chi connectivity index (χ3v) is 5.22. The molecule has 0 aliphatic carbocycles. The van der Waals surface area contributed by atoms with Crippen LogP contribution < -0.4 is 0 Å². The highest BCUT2D eigenvalue weighted by atomic mass is 32.1. The zero-order valence-electron chi connectivity index (χ0n) is 13.6. The first-order valence-electron chi connectivity index (χ1n) is 8.16. The lowest BCUT2D eigenvalue weighted by atomic mass is 10.1. The van der Waals surface area contributed by atoms with E-state index in [1.165, 1.54) is 33.0 Å². The molecule has 2 heteroatoms. The van der Waals surface area contributed by atoms with Gasteiger partial charge in [-0.05, 0) is 35.6 Å². The van der Waals surface area contributed by atoms with E-state index in [-0.39, 0.29) is 0 Å². The Labute approximate surface area is 146 Å². The molecule has 4 aromatic rings. The number of aromatic nitrogens is 1. The van der Waals surface area contributed by atoms with Crippen molar-refractivity contribution < 1.29 is 0 Å². The molecule has 0 saturated heterocycles. The minimum Gasteiger partial charge on any atom is -0.340 e. The van der Waals surface area contributed by atoms with Gasteiger partial charge in [-0.15, -0.1) is 11.3 Å². The SMILES string of the molecule is Cc1cc(-c2cccs2)c(-c2ccccc2)n1Cc1ccccc1. The smallest absolute Gasteiger partial charge is 0.0573 e. The van der Waals surface area contributed by atoms with E-state index in [1.54, 1.807) is 11.3 Å². The lowest BCUT2D eigenvalue weighted by Crippen LogP contribution is -2.03. The Balaban J connectivity index is 1.90. The standard InChI is InChI=1S/C22H19NS/c1-17-15-20(21-13-8-14-24-21)22(19-11-6-3-7-12-19)23(17)16-18-9-4-2-5-10-18/h2-15H,16H2,1H3. The van der Waals surface area contributed by atoms with E-state index < -0.39 is 0 Å². The Morgan fingerprint density at radius 2 is 1.54 bits per heavy atom. The van der Waals surface area contributed by atoms with Gasteiger partial charge in [0.05, 0.1) is 5.69 Å². The van der Waals surface area contributed by atoms with Gasteiger partial charge in [0.25, 0.3) is 0 Å². The second kappa shape index (κ2) is 6.50. The fourth-order valence-electron chi connectivity index (χ4n) is 3.17. The zero-order valence-corrected chi connectivity index (χ0v) is 14.5. The fourth-order valence-corrected chi connectivity index (χ4v) is 3.92. The fraction of sp³-hybridized carbons (Fsp3) is 0.0909. The Morgan fingerprint density at radius 1 is 0.833 bits per heavy atom. The van der Waals surface area contributed by atoms with Crippen LogP contribution in [0.1, 0.15) is 11.3 Å². The van der Waals surface area contributed by atoms with Crippen molar-refractivity contribution in [3.63, 3.8) is 0 Å². The van der Waals surface area contributed by atoms with Gasteiger partial charge < -0.3 is 4.57 Å². The first kappa shape index (κ1) is 15.0. The van der Waals surface area contributed by atoms with E-state index in [9.17, 15) is 0 Å². The van der Waals surface area contributed by atoms with Crippen LogP contribution in [0.3, 0.4) is 0 Å². The lowest BCUT2D eigenvalue weighted by Gasteiger charge is -2.13. The molecule has 0 radical (unpaired) electrons. The van der Waals surface area contributed by atoms with Gasteiger partial charge >= 0.3 is 0 Å². The zero-order chi connectivity index (χ0) is 16.4. The summed E-state index contributed by atoms with van der Waals surface area (Å²) in [5, 5.41) is 2.15. The highest BCUT2D eigenvalue weighted by Crippen LogP contribution is 2.37. The molecule has 2 aromatic carbocycles. The minimum atomic E-state index is 0.891. The third kappa shape index (κ3) is 2.81. The molecule has 0 N–H and O–H groups in total. The molecule has 0 unspecified atom stereocenters. The molecular formula is C22H19NS. The van der Waals surface area contributed by atoms with Crippen LogP contribution in [0.15, 0.2) is 84.2 Å². The van der Waals surface area contributed by atoms with Gasteiger partial charge in [0.1, 0.15) is 0 Å². The first-order valence-corrected chi connectivity index (χ1v) is 9.04. The van der Waals surface area contributed by atoms with Crippen LogP contribution in [0.5, 0.6) is 0 Å². The molecule has 0 bridgehead atoms. The molecule has 0 atom stereocenters. The largest absolute Gasteiger partial charge is 0.340 e. The van der Waals surface area contributed by atoms with E-state index in [0.717, 1.165) is 6.54 Å². The third-order valence-electron chi connectivity index (χ3n) is 4.32. The summed E-state index contributed by atoms with van der Waals surface area (Å²) in [4.78, 5) is 1.32. The number of hydrogen-bond donors (Lipinski definition) is 0. The number of thiophene rings is 1. The van der Waals surface area contributed by atoms with Crippen LogP contribution in [-0.2, 0) is 6.54 Å². The van der Waals surface area contributed by atoms with Gasteiger partial charge in [-0.3, -0.25) is 0 Å². The van der Waals surface area contributed by atoms with E-state index in [2.05, 4.69) is 95.7 Å². The summed E-state index contributed by atoms with van der Waals surface area (Å²) in [6, 6.07) is 28.0. The monoisotopic (exact) mass is 329 g/mol. The van der Waals surface area contributed by atoms with Crippen molar-refractivity contribution in [2.24, 2.45) is 0 Å². The second-order valence-corrected chi connectivity index (χ2v) is 6.91. The van der Waals surface area contributed by atoms with Crippen LogP contribution in [0.2, 0.25) is 0 Å². The predicted octanol–water partition coefficient (Wildman–Crippen LogP) is 6.24. The van der Waals surface area contributed by atoms with E-state index >= 15 is 0 Å². The highest BCUT2D eigenvalue weighted by Gasteiger charge is 2.16. The lowest BCUT2D eigenvalue weighted by molar-refractivity contribution is 0.784. The molecule has 0 aliphatic heterocycles. The Kier molecular flexibility index (Phi) is 4.06. The van der Waals surface area contributed by atoms with Gasteiger partial charge in [-0.25, -0.2) is 0 Å².